The predicted octanol–water partition coefficient (Wildman–Crippen LogP) is 2.65. The first kappa shape index (κ1) is 14.6. The van der Waals surface area contributed by atoms with Crippen LogP contribution in [0.15, 0.2) is 30.6 Å². The van der Waals surface area contributed by atoms with Gasteiger partial charge in [-0.2, -0.15) is 15.5 Å². The Kier molecular flexibility index (Phi) is 3.59. The Morgan fingerprint density at radius 1 is 1.21 bits per heavy atom. The van der Waals surface area contributed by atoms with E-state index < -0.39 is 0 Å². The smallest absolute Gasteiger partial charge is 0.163 e. The molecule has 1 unspecified atom stereocenters. The van der Waals surface area contributed by atoms with Crippen molar-refractivity contribution in [1.29, 1.82) is 5.26 Å². The van der Waals surface area contributed by atoms with Gasteiger partial charge in [0, 0.05) is 23.2 Å². The van der Waals surface area contributed by atoms with Crippen LogP contribution < -0.4 is 5.73 Å². The summed E-state index contributed by atoms with van der Waals surface area (Å²) in [7, 11) is 0. The van der Waals surface area contributed by atoms with Gasteiger partial charge in [0.1, 0.15) is 6.07 Å². The highest BCUT2D eigenvalue weighted by atomic mass is 16.5. The summed E-state index contributed by atoms with van der Waals surface area (Å²) in [6.45, 7) is 0.751. The average Bonchev–Trinajstić information content (AvgIpc) is 3.07. The van der Waals surface area contributed by atoms with Crippen molar-refractivity contribution in [2.24, 2.45) is 0 Å². The minimum atomic E-state index is -0.0591. The molecular weight excluding hydrogens is 304 g/mol. The second-order valence-electron chi connectivity index (χ2n) is 5.85. The van der Waals surface area contributed by atoms with Gasteiger partial charge in [-0.1, -0.05) is 0 Å². The number of nitrogens with zero attached hydrogens (tertiary/aromatic N) is 5. The maximum absolute atomic E-state index is 9.01. The summed E-state index contributed by atoms with van der Waals surface area (Å²) in [6, 6.07) is 7.58. The Morgan fingerprint density at radius 2 is 2.12 bits per heavy atom. The van der Waals surface area contributed by atoms with Gasteiger partial charge in [0.25, 0.3) is 0 Å². The first-order valence-corrected chi connectivity index (χ1v) is 7.88. The molecule has 7 heteroatoms. The standard InChI is InChI=1S/C17H16N6O/c18-8-13-5-12(9-20-22-13)11-6-15(19)14-10-21-23(16(14)7-11)17-3-1-2-4-24-17/h5-7,9-10,17H,1-4,19H2. The molecule has 24 heavy (non-hydrogen) atoms. The van der Waals surface area contributed by atoms with Gasteiger partial charge >= 0.3 is 0 Å². The zero-order valence-electron chi connectivity index (χ0n) is 13.0. The first-order valence-electron chi connectivity index (χ1n) is 7.88. The number of anilines is 1. The average molecular weight is 320 g/mol. The predicted molar refractivity (Wildman–Crippen MR) is 88.7 cm³/mol. The molecule has 2 aromatic heterocycles. The zero-order chi connectivity index (χ0) is 16.5. The molecule has 0 saturated carbocycles. The molecule has 0 bridgehead atoms. The van der Waals surface area contributed by atoms with Crippen LogP contribution in [0.5, 0.6) is 0 Å². The van der Waals surface area contributed by atoms with Crippen LogP contribution in [0, 0.1) is 11.3 Å². The fourth-order valence-corrected chi connectivity index (χ4v) is 3.06. The van der Waals surface area contributed by atoms with Crippen LogP contribution >= 0.6 is 0 Å². The number of hydrogen-bond donors (Lipinski definition) is 1. The van der Waals surface area contributed by atoms with Crippen molar-refractivity contribution < 1.29 is 4.74 Å². The summed E-state index contributed by atoms with van der Waals surface area (Å²) in [5, 5.41) is 22.0. The number of aromatic nitrogens is 4. The van der Waals surface area contributed by atoms with Crippen molar-refractivity contribution in [1.82, 2.24) is 20.0 Å². The molecule has 0 amide bonds. The lowest BCUT2D eigenvalue weighted by Crippen LogP contribution is -2.19. The van der Waals surface area contributed by atoms with E-state index in [1.165, 1.54) is 0 Å². The van der Waals surface area contributed by atoms with Gasteiger partial charge in [-0.15, -0.1) is 5.10 Å². The Morgan fingerprint density at radius 3 is 2.92 bits per heavy atom. The lowest BCUT2D eigenvalue weighted by atomic mass is 10.0. The number of nitriles is 1. The third kappa shape index (κ3) is 2.47. The zero-order valence-corrected chi connectivity index (χ0v) is 13.0. The molecule has 7 nitrogen and oxygen atoms in total. The molecule has 120 valence electrons. The number of rotatable bonds is 2. The van der Waals surface area contributed by atoms with E-state index >= 15 is 0 Å². The molecule has 3 aromatic rings. The highest BCUT2D eigenvalue weighted by Crippen LogP contribution is 2.32. The van der Waals surface area contributed by atoms with E-state index in [9.17, 15) is 0 Å². The maximum Gasteiger partial charge on any atom is 0.163 e. The largest absolute Gasteiger partial charge is 0.398 e. The van der Waals surface area contributed by atoms with Crippen molar-refractivity contribution in [2.75, 3.05) is 12.3 Å². The van der Waals surface area contributed by atoms with E-state index in [0.717, 1.165) is 47.9 Å². The molecule has 1 fully saturated rings. The summed E-state index contributed by atoms with van der Waals surface area (Å²) < 4.78 is 7.74. The second-order valence-corrected chi connectivity index (χ2v) is 5.85. The van der Waals surface area contributed by atoms with Crippen molar-refractivity contribution in [3.63, 3.8) is 0 Å². The number of fused-ring (bicyclic) bond motifs is 1. The van der Waals surface area contributed by atoms with Crippen LogP contribution in [-0.2, 0) is 4.74 Å². The van der Waals surface area contributed by atoms with Gasteiger partial charge in [-0.3, -0.25) is 0 Å². The fourth-order valence-electron chi connectivity index (χ4n) is 3.06. The van der Waals surface area contributed by atoms with Crippen LogP contribution in [0.2, 0.25) is 0 Å². The molecule has 1 aliphatic heterocycles. The van der Waals surface area contributed by atoms with Crippen LogP contribution in [-0.4, -0.2) is 26.6 Å². The molecule has 1 aliphatic rings. The summed E-state index contributed by atoms with van der Waals surface area (Å²) in [6.07, 6.45) is 6.49. The normalized spacial score (nSPS) is 17.7. The summed E-state index contributed by atoms with van der Waals surface area (Å²) in [5.41, 5.74) is 9.73. The van der Waals surface area contributed by atoms with Crippen LogP contribution in [0.4, 0.5) is 5.69 Å². The number of nitrogen functional groups attached to an aromatic ring is 1. The summed E-state index contributed by atoms with van der Waals surface area (Å²) >= 11 is 0. The highest BCUT2D eigenvalue weighted by molar-refractivity contribution is 5.94. The minimum absolute atomic E-state index is 0.0591. The van der Waals surface area contributed by atoms with Crippen molar-refractivity contribution in [2.45, 2.75) is 25.5 Å². The van der Waals surface area contributed by atoms with Gasteiger partial charge in [-0.05, 0) is 43.0 Å². The molecular formula is C17H16N6O. The van der Waals surface area contributed by atoms with Crippen LogP contribution in [0.3, 0.4) is 0 Å². The Bertz CT molecular complexity index is 936. The number of benzene rings is 1. The second kappa shape index (κ2) is 5.91. The van der Waals surface area contributed by atoms with Gasteiger partial charge in [0.15, 0.2) is 11.9 Å². The summed E-state index contributed by atoms with van der Waals surface area (Å²) in [5.74, 6) is 0. The number of ether oxygens (including phenoxy) is 1. The highest BCUT2D eigenvalue weighted by Gasteiger charge is 2.19. The molecule has 1 saturated heterocycles. The SMILES string of the molecule is N#Cc1cc(-c2cc(N)c3cnn(C4CCCCO4)c3c2)cnn1. The number of hydrogen-bond acceptors (Lipinski definition) is 6. The van der Waals surface area contributed by atoms with Crippen molar-refractivity contribution in [3.05, 3.63) is 36.3 Å². The van der Waals surface area contributed by atoms with Crippen molar-refractivity contribution in [3.8, 4) is 17.2 Å². The molecule has 0 radical (unpaired) electrons. The van der Waals surface area contributed by atoms with E-state index in [4.69, 9.17) is 15.7 Å². The molecule has 2 N–H and O–H groups in total. The third-order valence-electron chi connectivity index (χ3n) is 4.28. The van der Waals surface area contributed by atoms with Crippen LogP contribution in [0.1, 0.15) is 31.2 Å². The third-order valence-corrected chi connectivity index (χ3v) is 4.28. The molecule has 3 heterocycles. The Labute approximate surface area is 138 Å². The fraction of sp³-hybridized carbons (Fsp3) is 0.294. The monoisotopic (exact) mass is 320 g/mol. The van der Waals surface area contributed by atoms with Crippen LogP contribution in [0.25, 0.3) is 22.0 Å². The molecule has 1 aromatic carbocycles. The van der Waals surface area contributed by atoms with E-state index in [1.807, 2.05) is 22.9 Å². The lowest BCUT2D eigenvalue weighted by Gasteiger charge is -2.23. The minimum Gasteiger partial charge on any atom is -0.398 e. The Hall–Kier alpha value is -2.98. The Balaban J connectivity index is 1.84. The van der Waals surface area contributed by atoms with Gasteiger partial charge in [0.05, 0.1) is 17.9 Å². The lowest BCUT2D eigenvalue weighted by molar-refractivity contribution is -0.0366. The molecule has 0 spiro atoms. The number of nitrogens with two attached hydrogens (primary N) is 1. The van der Waals surface area contributed by atoms with Crippen molar-refractivity contribution >= 4 is 16.6 Å². The van der Waals surface area contributed by atoms with E-state index in [0.29, 0.717) is 5.69 Å². The first-order chi connectivity index (χ1) is 11.8. The summed E-state index contributed by atoms with van der Waals surface area (Å²) in [4.78, 5) is 0. The topological polar surface area (TPSA) is 103 Å². The van der Waals surface area contributed by atoms with Gasteiger partial charge in [0.2, 0.25) is 0 Å². The van der Waals surface area contributed by atoms with E-state index in [1.54, 1.807) is 18.5 Å². The van der Waals surface area contributed by atoms with Gasteiger partial charge in [-0.25, -0.2) is 4.68 Å². The van der Waals surface area contributed by atoms with E-state index in [-0.39, 0.29) is 11.9 Å². The maximum atomic E-state index is 9.01. The molecule has 0 aliphatic carbocycles. The quantitative estimate of drug-likeness (QED) is 0.728. The van der Waals surface area contributed by atoms with E-state index in [2.05, 4.69) is 15.3 Å². The van der Waals surface area contributed by atoms with Gasteiger partial charge < -0.3 is 10.5 Å². The molecule has 4 rings (SSSR count). The molecule has 1 atom stereocenters.